The summed E-state index contributed by atoms with van der Waals surface area (Å²) in [5.41, 5.74) is 5.63. The summed E-state index contributed by atoms with van der Waals surface area (Å²) in [7, 11) is 0. The topological polar surface area (TPSA) is 133 Å². The van der Waals surface area contributed by atoms with Gasteiger partial charge in [-0.05, 0) is 5.92 Å². The van der Waals surface area contributed by atoms with Gasteiger partial charge in [0.1, 0.15) is 6.04 Å². The number of nitrogens with two attached hydrogens (primary N) is 1. The van der Waals surface area contributed by atoms with Crippen molar-refractivity contribution >= 4 is 17.8 Å². The summed E-state index contributed by atoms with van der Waals surface area (Å²) in [5.74, 6) is -2.23. The van der Waals surface area contributed by atoms with E-state index in [0.29, 0.717) is 0 Å². The number of aliphatic hydroxyl groups is 1. The highest BCUT2D eigenvalue weighted by Gasteiger charge is 2.38. The summed E-state index contributed by atoms with van der Waals surface area (Å²) in [6, 6.07) is -1.77. The number of amides is 2. The third-order valence-corrected chi connectivity index (χ3v) is 3.32. The monoisotopic (exact) mass is 287 g/mol. The fraction of sp³-hybridized carbons (Fsp3) is 0.750. The third kappa shape index (κ3) is 3.91. The molecule has 0 unspecified atom stereocenters. The lowest BCUT2D eigenvalue weighted by Crippen LogP contribution is -2.49. The van der Waals surface area contributed by atoms with Crippen molar-refractivity contribution in [2.75, 3.05) is 13.1 Å². The first-order chi connectivity index (χ1) is 9.23. The Labute approximate surface area is 116 Å². The Kier molecular flexibility index (Phi) is 5.46. The zero-order valence-corrected chi connectivity index (χ0v) is 11.6. The van der Waals surface area contributed by atoms with E-state index in [1.807, 2.05) is 0 Å². The third-order valence-electron chi connectivity index (χ3n) is 3.32. The SMILES string of the molecule is CC(C)[C@H](N)C(=O)NCC(=O)N1C[C@H](O)C[C@@H]1C(=O)O. The number of carboxylic acids is 1. The Morgan fingerprint density at radius 3 is 2.50 bits per heavy atom. The molecule has 0 radical (unpaired) electrons. The van der Waals surface area contributed by atoms with Crippen LogP contribution < -0.4 is 11.1 Å². The summed E-state index contributed by atoms with van der Waals surface area (Å²) in [6.07, 6.45) is -0.853. The molecule has 114 valence electrons. The first-order valence-corrected chi connectivity index (χ1v) is 6.47. The summed E-state index contributed by atoms with van der Waals surface area (Å²) in [6.45, 7) is 3.20. The number of likely N-dealkylation sites (tertiary alicyclic amines) is 1. The molecule has 1 rings (SSSR count). The maximum Gasteiger partial charge on any atom is 0.326 e. The van der Waals surface area contributed by atoms with Gasteiger partial charge in [-0.15, -0.1) is 0 Å². The molecule has 1 heterocycles. The van der Waals surface area contributed by atoms with E-state index in [1.54, 1.807) is 13.8 Å². The maximum atomic E-state index is 11.9. The molecule has 5 N–H and O–H groups in total. The predicted molar refractivity (Wildman–Crippen MR) is 69.6 cm³/mol. The highest BCUT2D eigenvalue weighted by molar-refractivity contribution is 5.90. The van der Waals surface area contributed by atoms with Crippen molar-refractivity contribution in [3.63, 3.8) is 0 Å². The van der Waals surface area contributed by atoms with Gasteiger partial charge in [-0.3, -0.25) is 9.59 Å². The van der Waals surface area contributed by atoms with E-state index in [4.69, 9.17) is 10.8 Å². The summed E-state index contributed by atoms with van der Waals surface area (Å²) in [4.78, 5) is 35.6. The molecule has 0 saturated carbocycles. The van der Waals surface area contributed by atoms with Crippen LogP contribution in [0.5, 0.6) is 0 Å². The molecule has 1 fully saturated rings. The van der Waals surface area contributed by atoms with Crippen LogP contribution in [0.3, 0.4) is 0 Å². The van der Waals surface area contributed by atoms with Crippen LogP contribution in [0.15, 0.2) is 0 Å². The van der Waals surface area contributed by atoms with Gasteiger partial charge in [-0.1, -0.05) is 13.8 Å². The van der Waals surface area contributed by atoms with Gasteiger partial charge in [0.05, 0.1) is 18.7 Å². The smallest absolute Gasteiger partial charge is 0.326 e. The first kappa shape index (κ1) is 16.4. The predicted octanol–water partition coefficient (Wildman–Crippen LogP) is -1.87. The minimum Gasteiger partial charge on any atom is -0.480 e. The van der Waals surface area contributed by atoms with E-state index >= 15 is 0 Å². The molecule has 2 amide bonds. The van der Waals surface area contributed by atoms with Crippen molar-refractivity contribution in [3.05, 3.63) is 0 Å². The van der Waals surface area contributed by atoms with Gasteiger partial charge in [0.25, 0.3) is 0 Å². The lowest BCUT2D eigenvalue weighted by Gasteiger charge is -2.22. The zero-order chi connectivity index (χ0) is 15.4. The fourth-order valence-corrected chi connectivity index (χ4v) is 2.01. The minimum absolute atomic E-state index is 0.000524. The Hall–Kier alpha value is -1.67. The summed E-state index contributed by atoms with van der Waals surface area (Å²) >= 11 is 0. The quantitative estimate of drug-likeness (QED) is 0.468. The average Bonchev–Trinajstić information content (AvgIpc) is 2.76. The Balaban J connectivity index is 2.54. The Morgan fingerprint density at radius 1 is 1.40 bits per heavy atom. The van der Waals surface area contributed by atoms with E-state index in [0.717, 1.165) is 4.90 Å². The van der Waals surface area contributed by atoms with Gasteiger partial charge >= 0.3 is 5.97 Å². The summed E-state index contributed by atoms with van der Waals surface area (Å²) in [5, 5.41) is 20.8. The Morgan fingerprint density at radius 2 is 2.00 bits per heavy atom. The maximum absolute atomic E-state index is 11.9. The number of aliphatic hydroxyl groups excluding tert-OH is 1. The molecule has 3 atom stereocenters. The second-order valence-corrected chi connectivity index (χ2v) is 5.28. The van der Waals surface area contributed by atoms with Crippen LogP contribution in [-0.4, -0.2) is 64.2 Å². The van der Waals surface area contributed by atoms with Crippen molar-refractivity contribution in [1.82, 2.24) is 10.2 Å². The normalized spacial score (nSPS) is 23.8. The molecule has 0 aromatic heterocycles. The molecule has 0 aromatic carbocycles. The molecular formula is C12H21N3O5. The van der Waals surface area contributed by atoms with Crippen LogP contribution in [0.25, 0.3) is 0 Å². The van der Waals surface area contributed by atoms with Gasteiger partial charge in [0, 0.05) is 13.0 Å². The molecule has 0 aromatic rings. The molecule has 8 heteroatoms. The molecule has 0 aliphatic carbocycles. The van der Waals surface area contributed by atoms with Gasteiger partial charge in [-0.2, -0.15) is 0 Å². The lowest BCUT2D eigenvalue weighted by molar-refractivity contribution is -0.148. The molecule has 1 saturated heterocycles. The van der Waals surface area contributed by atoms with E-state index in [2.05, 4.69) is 5.32 Å². The standard InChI is InChI=1S/C12H21N3O5/c1-6(2)10(13)11(18)14-4-9(17)15-5-7(16)3-8(15)12(19)20/h6-8,10,16H,3-5,13H2,1-2H3,(H,14,18)(H,19,20)/t7-,8-,10+/m1/s1. The second kappa shape index (κ2) is 6.67. The van der Waals surface area contributed by atoms with E-state index < -0.39 is 36.0 Å². The number of hydrogen-bond donors (Lipinski definition) is 4. The average molecular weight is 287 g/mol. The van der Waals surface area contributed by atoms with Crippen molar-refractivity contribution in [2.24, 2.45) is 11.7 Å². The fourth-order valence-electron chi connectivity index (χ4n) is 2.01. The van der Waals surface area contributed by atoms with E-state index in [1.165, 1.54) is 0 Å². The number of carbonyl (C=O) groups is 3. The number of carbonyl (C=O) groups excluding carboxylic acids is 2. The van der Waals surface area contributed by atoms with Crippen molar-refractivity contribution < 1.29 is 24.6 Å². The van der Waals surface area contributed by atoms with Crippen LogP contribution in [0.2, 0.25) is 0 Å². The largest absolute Gasteiger partial charge is 0.480 e. The van der Waals surface area contributed by atoms with Crippen LogP contribution in [0.4, 0.5) is 0 Å². The highest BCUT2D eigenvalue weighted by Crippen LogP contribution is 2.18. The van der Waals surface area contributed by atoms with Crippen LogP contribution in [0.1, 0.15) is 20.3 Å². The molecule has 1 aliphatic heterocycles. The highest BCUT2D eigenvalue weighted by atomic mass is 16.4. The molecular weight excluding hydrogens is 266 g/mol. The van der Waals surface area contributed by atoms with Crippen molar-refractivity contribution in [2.45, 2.75) is 38.5 Å². The van der Waals surface area contributed by atoms with Gasteiger partial charge in [0.15, 0.2) is 0 Å². The molecule has 20 heavy (non-hydrogen) atoms. The van der Waals surface area contributed by atoms with Crippen LogP contribution in [-0.2, 0) is 14.4 Å². The van der Waals surface area contributed by atoms with E-state index in [-0.39, 0.29) is 25.4 Å². The van der Waals surface area contributed by atoms with Gasteiger partial charge in [-0.25, -0.2) is 4.79 Å². The molecule has 0 bridgehead atoms. The number of hydrogen-bond acceptors (Lipinski definition) is 5. The second-order valence-electron chi connectivity index (χ2n) is 5.28. The number of nitrogens with zero attached hydrogens (tertiary/aromatic N) is 1. The summed E-state index contributed by atoms with van der Waals surface area (Å²) < 4.78 is 0. The zero-order valence-electron chi connectivity index (χ0n) is 11.6. The lowest BCUT2D eigenvalue weighted by atomic mass is 10.1. The number of nitrogens with one attached hydrogen (secondary N) is 1. The first-order valence-electron chi connectivity index (χ1n) is 6.47. The molecule has 0 spiro atoms. The van der Waals surface area contributed by atoms with Crippen molar-refractivity contribution in [3.8, 4) is 0 Å². The minimum atomic E-state index is -1.17. The number of aliphatic carboxylic acids is 1. The Bertz CT molecular complexity index is 399. The van der Waals surface area contributed by atoms with Crippen LogP contribution >= 0.6 is 0 Å². The number of rotatable bonds is 5. The number of carboxylic acid groups (broad SMARTS) is 1. The van der Waals surface area contributed by atoms with E-state index in [9.17, 15) is 19.5 Å². The molecule has 8 nitrogen and oxygen atoms in total. The van der Waals surface area contributed by atoms with Crippen LogP contribution in [0, 0.1) is 5.92 Å². The molecule has 1 aliphatic rings. The number of β-amino-alcohol motifs (C(OH)–C–C–N with tert-alkyl or cyclic N) is 1. The van der Waals surface area contributed by atoms with Crippen molar-refractivity contribution in [1.29, 1.82) is 0 Å². The van der Waals surface area contributed by atoms with Gasteiger partial charge in [0.2, 0.25) is 11.8 Å². The van der Waals surface area contributed by atoms with Gasteiger partial charge < -0.3 is 26.2 Å².